The lowest BCUT2D eigenvalue weighted by Crippen LogP contribution is -2.31. The fourth-order valence-corrected chi connectivity index (χ4v) is 2.81. The van der Waals surface area contributed by atoms with Crippen LogP contribution in [-0.2, 0) is 11.3 Å². The average molecular weight is 292 g/mol. The number of para-hydroxylation sites is 1. The van der Waals surface area contributed by atoms with Gasteiger partial charge in [0.25, 0.3) is 0 Å². The van der Waals surface area contributed by atoms with Crippen LogP contribution >= 0.6 is 0 Å². The van der Waals surface area contributed by atoms with Gasteiger partial charge in [-0.05, 0) is 43.2 Å². The number of anilines is 1. The molecule has 1 aromatic carbocycles. The van der Waals surface area contributed by atoms with Gasteiger partial charge in [0.1, 0.15) is 5.82 Å². The first-order valence-electron chi connectivity index (χ1n) is 8.03. The summed E-state index contributed by atoms with van der Waals surface area (Å²) >= 11 is 0. The van der Waals surface area contributed by atoms with E-state index in [1.165, 1.54) is 25.7 Å². The van der Waals surface area contributed by atoms with E-state index in [0.717, 1.165) is 30.3 Å². The number of halogens is 1. The third kappa shape index (κ3) is 3.95. The second-order valence-corrected chi connectivity index (χ2v) is 6.24. The van der Waals surface area contributed by atoms with Crippen molar-refractivity contribution in [1.29, 1.82) is 0 Å². The number of methoxy groups -OCH3 is 1. The molecule has 2 aliphatic carbocycles. The second-order valence-electron chi connectivity index (χ2n) is 6.24. The number of nitrogens with one attached hydrogen (secondary N) is 1. The van der Waals surface area contributed by atoms with Gasteiger partial charge in [0, 0.05) is 32.8 Å². The predicted octanol–water partition coefficient (Wildman–Crippen LogP) is 2.94. The van der Waals surface area contributed by atoms with Crippen molar-refractivity contribution in [3.05, 3.63) is 29.6 Å². The number of hydrogen-bond donors (Lipinski definition) is 1. The molecule has 116 valence electrons. The zero-order valence-electron chi connectivity index (χ0n) is 12.8. The molecule has 0 aliphatic heterocycles. The molecule has 0 saturated heterocycles. The summed E-state index contributed by atoms with van der Waals surface area (Å²) in [5, 5.41) is 3.34. The van der Waals surface area contributed by atoms with Crippen LogP contribution in [0.25, 0.3) is 0 Å². The van der Waals surface area contributed by atoms with E-state index in [1.54, 1.807) is 13.2 Å². The van der Waals surface area contributed by atoms with Crippen molar-refractivity contribution in [3.8, 4) is 0 Å². The molecule has 0 heterocycles. The largest absolute Gasteiger partial charge is 0.383 e. The number of hydrogen-bond acceptors (Lipinski definition) is 3. The molecule has 1 aromatic rings. The summed E-state index contributed by atoms with van der Waals surface area (Å²) in [5.41, 5.74) is 1.90. The highest BCUT2D eigenvalue weighted by atomic mass is 19.1. The van der Waals surface area contributed by atoms with Crippen molar-refractivity contribution in [3.63, 3.8) is 0 Å². The number of benzene rings is 1. The highest BCUT2D eigenvalue weighted by molar-refractivity contribution is 5.56. The van der Waals surface area contributed by atoms with Gasteiger partial charge in [-0.15, -0.1) is 0 Å². The van der Waals surface area contributed by atoms with Gasteiger partial charge in [0.05, 0.1) is 12.3 Å². The normalized spacial score (nSPS) is 18.0. The molecule has 0 unspecified atom stereocenters. The summed E-state index contributed by atoms with van der Waals surface area (Å²) in [6.07, 6.45) is 5.02. The Morgan fingerprint density at radius 3 is 2.76 bits per heavy atom. The lowest BCUT2D eigenvalue weighted by Gasteiger charge is -2.28. The molecule has 3 rings (SSSR count). The minimum absolute atomic E-state index is 0.0754. The number of rotatable bonds is 9. The van der Waals surface area contributed by atoms with Gasteiger partial charge < -0.3 is 15.0 Å². The molecule has 4 heteroatoms. The molecule has 0 spiro atoms. The predicted molar refractivity (Wildman–Crippen MR) is 83.1 cm³/mol. The third-order valence-corrected chi connectivity index (χ3v) is 4.30. The smallest absolute Gasteiger partial charge is 0.146 e. The van der Waals surface area contributed by atoms with Gasteiger partial charge in [0.15, 0.2) is 0 Å². The highest BCUT2D eigenvalue weighted by Crippen LogP contribution is 2.39. The molecule has 0 aromatic heterocycles. The lowest BCUT2D eigenvalue weighted by molar-refractivity contribution is 0.199. The first-order valence-corrected chi connectivity index (χ1v) is 8.03. The van der Waals surface area contributed by atoms with Gasteiger partial charge in [-0.3, -0.25) is 0 Å². The monoisotopic (exact) mass is 292 g/mol. The van der Waals surface area contributed by atoms with Crippen molar-refractivity contribution in [1.82, 2.24) is 5.32 Å². The lowest BCUT2D eigenvalue weighted by atomic mass is 10.1. The van der Waals surface area contributed by atoms with Gasteiger partial charge in [0.2, 0.25) is 0 Å². The summed E-state index contributed by atoms with van der Waals surface area (Å²) in [6.45, 7) is 3.19. The van der Waals surface area contributed by atoms with Gasteiger partial charge >= 0.3 is 0 Å². The zero-order valence-corrected chi connectivity index (χ0v) is 12.8. The van der Waals surface area contributed by atoms with E-state index in [9.17, 15) is 4.39 Å². The van der Waals surface area contributed by atoms with Crippen molar-refractivity contribution in [2.75, 3.05) is 31.7 Å². The minimum atomic E-state index is -0.0754. The molecule has 3 nitrogen and oxygen atoms in total. The summed E-state index contributed by atoms with van der Waals surface area (Å²) in [6, 6.07) is 6.01. The van der Waals surface area contributed by atoms with Crippen molar-refractivity contribution in [2.24, 2.45) is 5.92 Å². The topological polar surface area (TPSA) is 24.5 Å². The summed E-state index contributed by atoms with van der Waals surface area (Å²) in [7, 11) is 1.69. The minimum Gasteiger partial charge on any atom is -0.383 e. The molecule has 2 saturated carbocycles. The van der Waals surface area contributed by atoms with Gasteiger partial charge in [-0.2, -0.15) is 0 Å². The van der Waals surface area contributed by atoms with E-state index in [-0.39, 0.29) is 5.82 Å². The maximum Gasteiger partial charge on any atom is 0.146 e. The van der Waals surface area contributed by atoms with E-state index >= 15 is 0 Å². The Balaban J connectivity index is 1.74. The SMILES string of the molecule is COCCNCc1cccc(F)c1N(CC1CC1)C1CC1. The number of nitrogens with zero attached hydrogens (tertiary/aromatic N) is 1. The van der Waals surface area contributed by atoms with Crippen LogP contribution in [0.15, 0.2) is 18.2 Å². The Morgan fingerprint density at radius 1 is 1.29 bits per heavy atom. The highest BCUT2D eigenvalue weighted by Gasteiger charge is 2.35. The number of ether oxygens (including phenoxy) is 1. The molecule has 0 bridgehead atoms. The van der Waals surface area contributed by atoms with Gasteiger partial charge in [-0.25, -0.2) is 4.39 Å². The van der Waals surface area contributed by atoms with Gasteiger partial charge in [-0.1, -0.05) is 12.1 Å². The van der Waals surface area contributed by atoms with Crippen molar-refractivity contribution >= 4 is 5.69 Å². The molecule has 2 fully saturated rings. The van der Waals surface area contributed by atoms with Crippen LogP contribution < -0.4 is 10.2 Å². The van der Waals surface area contributed by atoms with Crippen LogP contribution in [0, 0.1) is 11.7 Å². The van der Waals surface area contributed by atoms with Crippen LogP contribution in [0.1, 0.15) is 31.2 Å². The molecule has 21 heavy (non-hydrogen) atoms. The Bertz CT molecular complexity index is 472. The van der Waals surface area contributed by atoms with E-state index in [1.807, 2.05) is 12.1 Å². The van der Waals surface area contributed by atoms with Crippen LogP contribution in [-0.4, -0.2) is 32.8 Å². The quantitative estimate of drug-likeness (QED) is 0.708. The molecule has 0 radical (unpaired) electrons. The molecular weight excluding hydrogens is 267 g/mol. The van der Waals surface area contributed by atoms with Crippen LogP contribution in [0.4, 0.5) is 10.1 Å². The first kappa shape index (κ1) is 14.8. The summed E-state index contributed by atoms with van der Waals surface area (Å²) < 4.78 is 19.5. The molecular formula is C17H25FN2O. The van der Waals surface area contributed by atoms with E-state index < -0.39 is 0 Å². The second kappa shape index (κ2) is 6.75. The standard InChI is InChI=1S/C17H25FN2O/c1-21-10-9-19-11-14-3-2-4-16(18)17(14)20(15-7-8-15)12-13-5-6-13/h2-4,13,15,19H,5-12H2,1H3. The fraction of sp³-hybridized carbons (Fsp3) is 0.647. The summed E-state index contributed by atoms with van der Waals surface area (Å²) in [4.78, 5) is 2.33. The van der Waals surface area contributed by atoms with E-state index in [2.05, 4.69) is 10.2 Å². The molecule has 0 amide bonds. The van der Waals surface area contributed by atoms with E-state index in [4.69, 9.17) is 4.74 Å². The maximum absolute atomic E-state index is 14.4. The fourth-order valence-electron chi connectivity index (χ4n) is 2.81. The average Bonchev–Trinajstić information content (AvgIpc) is 3.36. The molecule has 2 aliphatic rings. The van der Waals surface area contributed by atoms with Crippen LogP contribution in [0.5, 0.6) is 0 Å². The molecule has 0 atom stereocenters. The van der Waals surface area contributed by atoms with Crippen LogP contribution in [0.2, 0.25) is 0 Å². The van der Waals surface area contributed by atoms with Crippen LogP contribution in [0.3, 0.4) is 0 Å². The molecule has 1 N–H and O–H groups in total. The Kier molecular flexibility index (Phi) is 4.76. The maximum atomic E-state index is 14.4. The summed E-state index contributed by atoms with van der Waals surface area (Å²) in [5.74, 6) is 0.702. The van der Waals surface area contributed by atoms with Crippen molar-refractivity contribution < 1.29 is 9.13 Å². The zero-order chi connectivity index (χ0) is 14.7. The van der Waals surface area contributed by atoms with Crippen molar-refractivity contribution in [2.45, 2.75) is 38.3 Å². The Hall–Kier alpha value is -1.13. The third-order valence-electron chi connectivity index (χ3n) is 4.30. The van der Waals surface area contributed by atoms with E-state index in [0.29, 0.717) is 19.2 Å². The Morgan fingerprint density at radius 2 is 2.10 bits per heavy atom. The first-order chi connectivity index (χ1) is 10.3. The Labute approximate surface area is 126 Å².